The lowest BCUT2D eigenvalue weighted by molar-refractivity contribution is -0.123. The van der Waals surface area contributed by atoms with Gasteiger partial charge in [0.2, 0.25) is 5.91 Å². The summed E-state index contributed by atoms with van der Waals surface area (Å²) < 4.78 is 0. The van der Waals surface area contributed by atoms with E-state index in [1.54, 1.807) is 0 Å². The number of benzene rings is 1. The van der Waals surface area contributed by atoms with Gasteiger partial charge in [0.05, 0.1) is 6.04 Å². The Balaban J connectivity index is 1.93. The van der Waals surface area contributed by atoms with Crippen LogP contribution in [0, 0.1) is 6.92 Å². The van der Waals surface area contributed by atoms with Crippen LogP contribution in [0.15, 0.2) is 24.3 Å². The molecule has 0 spiro atoms. The van der Waals surface area contributed by atoms with Crippen LogP contribution in [0.4, 0.5) is 0 Å². The number of nitrogens with one attached hydrogen (secondary N) is 2. The number of carbonyl (C=O) groups excluding carboxylic acids is 1. The second-order valence-corrected chi connectivity index (χ2v) is 5.54. The second-order valence-electron chi connectivity index (χ2n) is 5.54. The Morgan fingerprint density at radius 1 is 1.32 bits per heavy atom. The van der Waals surface area contributed by atoms with E-state index in [4.69, 9.17) is 0 Å². The van der Waals surface area contributed by atoms with E-state index < -0.39 is 0 Å². The molecule has 1 amide bonds. The van der Waals surface area contributed by atoms with Crippen molar-refractivity contribution in [2.75, 3.05) is 0 Å². The van der Waals surface area contributed by atoms with Crippen molar-refractivity contribution in [2.45, 2.75) is 58.2 Å². The van der Waals surface area contributed by atoms with Gasteiger partial charge in [-0.3, -0.25) is 10.1 Å². The molecule has 1 aromatic carbocycles. The van der Waals surface area contributed by atoms with Crippen molar-refractivity contribution in [1.29, 1.82) is 0 Å². The predicted molar refractivity (Wildman–Crippen MR) is 78.0 cm³/mol. The fraction of sp³-hybridized carbons (Fsp3) is 0.562. The van der Waals surface area contributed by atoms with E-state index in [1.807, 2.05) is 6.92 Å². The molecule has 1 saturated carbocycles. The molecule has 19 heavy (non-hydrogen) atoms. The van der Waals surface area contributed by atoms with E-state index in [9.17, 15) is 4.79 Å². The molecule has 2 atom stereocenters. The second kappa shape index (κ2) is 6.20. The first kappa shape index (κ1) is 14.1. The molecule has 3 nitrogen and oxygen atoms in total. The summed E-state index contributed by atoms with van der Waals surface area (Å²) in [6, 6.07) is 9.04. The quantitative estimate of drug-likeness (QED) is 0.825. The van der Waals surface area contributed by atoms with Crippen LogP contribution in [0.25, 0.3) is 0 Å². The fourth-order valence-corrected chi connectivity index (χ4v) is 2.18. The summed E-state index contributed by atoms with van der Waals surface area (Å²) in [6.07, 6.45) is 3.24. The van der Waals surface area contributed by atoms with Gasteiger partial charge in [0, 0.05) is 12.1 Å². The highest BCUT2D eigenvalue weighted by Gasteiger charge is 2.26. The molecule has 1 fully saturated rings. The Hall–Kier alpha value is -1.35. The maximum atomic E-state index is 12.0. The number of hydrogen-bond donors (Lipinski definition) is 2. The molecule has 2 rings (SSSR count). The van der Waals surface area contributed by atoms with E-state index in [0.717, 1.165) is 19.3 Å². The number of amides is 1. The first-order valence-corrected chi connectivity index (χ1v) is 7.23. The third kappa shape index (κ3) is 4.06. The van der Waals surface area contributed by atoms with Crippen molar-refractivity contribution in [1.82, 2.24) is 10.6 Å². The lowest BCUT2D eigenvalue weighted by Crippen LogP contribution is -2.44. The van der Waals surface area contributed by atoms with Crippen LogP contribution in [-0.2, 0) is 4.79 Å². The van der Waals surface area contributed by atoms with Crippen molar-refractivity contribution in [2.24, 2.45) is 0 Å². The van der Waals surface area contributed by atoms with Crippen molar-refractivity contribution in [3.8, 4) is 0 Å². The maximum Gasteiger partial charge on any atom is 0.237 e. The van der Waals surface area contributed by atoms with Crippen LogP contribution in [0.3, 0.4) is 0 Å². The molecule has 104 valence electrons. The number of hydrogen-bond acceptors (Lipinski definition) is 2. The highest BCUT2D eigenvalue weighted by atomic mass is 16.2. The highest BCUT2D eigenvalue weighted by molar-refractivity contribution is 5.81. The topological polar surface area (TPSA) is 41.1 Å². The molecule has 2 N–H and O–H groups in total. The van der Waals surface area contributed by atoms with Gasteiger partial charge in [0.25, 0.3) is 0 Å². The molecule has 0 aliphatic heterocycles. The Morgan fingerprint density at radius 2 is 1.95 bits per heavy atom. The Bertz CT molecular complexity index is 423. The molecule has 0 radical (unpaired) electrons. The van der Waals surface area contributed by atoms with Gasteiger partial charge in [-0.15, -0.1) is 0 Å². The molecular weight excluding hydrogens is 236 g/mol. The monoisotopic (exact) mass is 260 g/mol. The number of carbonyl (C=O) groups is 1. The maximum absolute atomic E-state index is 12.0. The zero-order valence-electron chi connectivity index (χ0n) is 12.1. The summed E-state index contributed by atoms with van der Waals surface area (Å²) >= 11 is 0. The highest BCUT2D eigenvalue weighted by Crippen LogP contribution is 2.20. The minimum absolute atomic E-state index is 0.119. The van der Waals surface area contributed by atoms with E-state index >= 15 is 0 Å². The molecular formula is C16H24N2O. The van der Waals surface area contributed by atoms with Gasteiger partial charge in [-0.25, -0.2) is 0 Å². The zero-order chi connectivity index (χ0) is 13.8. The Labute approximate surface area is 115 Å². The van der Waals surface area contributed by atoms with E-state index in [1.165, 1.54) is 11.1 Å². The van der Waals surface area contributed by atoms with Crippen LogP contribution >= 0.6 is 0 Å². The zero-order valence-corrected chi connectivity index (χ0v) is 12.1. The van der Waals surface area contributed by atoms with Crippen LogP contribution in [0.1, 0.15) is 50.3 Å². The summed E-state index contributed by atoms with van der Waals surface area (Å²) in [5, 5.41) is 6.47. The third-order valence-electron chi connectivity index (χ3n) is 3.66. The number of aryl methyl sites for hydroxylation is 1. The Kier molecular flexibility index (Phi) is 4.59. The molecule has 1 aliphatic carbocycles. The average molecular weight is 260 g/mol. The van der Waals surface area contributed by atoms with E-state index in [-0.39, 0.29) is 18.0 Å². The summed E-state index contributed by atoms with van der Waals surface area (Å²) in [6.45, 7) is 6.17. The van der Waals surface area contributed by atoms with Crippen molar-refractivity contribution in [3.05, 3.63) is 35.4 Å². The molecule has 1 aliphatic rings. The van der Waals surface area contributed by atoms with Crippen molar-refractivity contribution in [3.63, 3.8) is 0 Å². The summed E-state index contributed by atoms with van der Waals surface area (Å²) in [7, 11) is 0. The molecule has 0 heterocycles. The molecule has 1 aromatic rings. The standard InChI is InChI=1S/C16H24N2O/c1-4-15(13-7-5-11(2)6-8-13)17-12(3)16(19)18-14-9-10-14/h5-8,12,14-15,17H,4,9-10H2,1-3H3,(H,18,19). The predicted octanol–water partition coefficient (Wildman–Crippen LogP) is 2.70. The number of rotatable bonds is 6. The van der Waals surface area contributed by atoms with Gasteiger partial charge in [0.1, 0.15) is 0 Å². The van der Waals surface area contributed by atoms with Gasteiger partial charge in [-0.05, 0) is 38.7 Å². The summed E-state index contributed by atoms with van der Waals surface area (Å²) in [5.41, 5.74) is 2.51. The molecule has 0 saturated heterocycles. The molecule has 3 heteroatoms. The van der Waals surface area contributed by atoms with Crippen LogP contribution in [-0.4, -0.2) is 18.0 Å². The first-order valence-electron chi connectivity index (χ1n) is 7.23. The van der Waals surface area contributed by atoms with Crippen LogP contribution < -0.4 is 10.6 Å². The fourth-order valence-electron chi connectivity index (χ4n) is 2.18. The van der Waals surface area contributed by atoms with Gasteiger partial charge in [-0.1, -0.05) is 36.8 Å². The lowest BCUT2D eigenvalue weighted by atomic mass is 10.0. The summed E-state index contributed by atoms with van der Waals surface area (Å²) in [5.74, 6) is 0.119. The minimum Gasteiger partial charge on any atom is -0.352 e. The van der Waals surface area contributed by atoms with Crippen molar-refractivity contribution >= 4 is 5.91 Å². The van der Waals surface area contributed by atoms with E-state index in [0.29, 0.717) is 6.04 Å². The first-order chi connectivity index (χ1) is 9.10. The minimum atomic E-state index is -0.146. The molecule has 2 unspecified atom stereocenters. The smallest absolute Gasteiger partial charge is 0.237 e. The van der Waals surface area contributed by atoms with Crippen LogP contribution in [0.5, 0.6) is 0 Å². The SMILES string of the molecule is CCC(NC(C)C(=O)NC1CC1)c1ccc(C)cc1. The van der Waals surface area contributed by atoms with E-state index in [2.05, 4.69) is 48.7 Å². The van der Waals surface area contributed by atoms with Crippen LogP contribution in [0.2, 0.25) is 0 Å². The third-order valence-corrected chi connectivity index (χ3v) is 3.66. The normalized spacial score (nSPS) is 17.8. The van der Waals surface area contributed by atoms with Gasteiger partial charge >= 0.3 is 0 Å². The van der Waals surface area contributed by atoms with Gasteiger partial charge < -0.3 is 5.32 Å². The summed E-state index contributed by atoms with van der Waals surface area (Å²) in [4.78, 5) is 12.0. The molecule has 0 aromatic heterocycles. The van der Waals surface area contributed by atoms with Crippen molar-refractivity contribution < 1.29 is 4.79 Å². The van der Waals surface area contributed by atoms with Gasteiger partial charge in [0.15, 0.2) is 0 Å². The lowest BCUT2D eigenvalue weighted by Gasteiger charge is -2.22. The largest absolute Gasteiger partial charge is 0.352 e. The Morgan fingerprint density at radius 3 is 2.47 bits per heavy atom. The molecule has 0 bridgehead atoms. The average Bonchev–Trinajstić information content (AvgIpc) is 3.20. The van der Waals surface area contributed by atoms with Gasteiger partial charge in [-0.2, -0.15) is 0 Å².